The molecule has 0 saturated heterocycles. The minimum atomic E-state index is -4.31. The molecule has 0 amide bonds. The smallest absolute Gasteiger partial charge is 0.312 e. The van der Waals surface area contributed by atoms with Gasteiger partial charge in [0.1, 0.15) is 5.82 Å². The first-order valence-electron chi connectivity index (χ1n) is 4.91. The van der Waals surface area contributed by atoms with Crippen molar-refractivity contribution in [1.29, 1.82) is 0 Å². The second-order valence-corrected chi connectivity index (χ2v) is 4.76. The van der Waals surface area contributed by atoms with Gasteiger partial charge in [0.25, 0.3) is 0 Å². The van der Waals surface area contributed by atoms with Crippen LogP contribution in [0, 0.1) is 0 Å². The molecule has 94 valence electrons. The lowest BCUT2D eigenvalue weighted by atomic mass is 10.2. The molecular weight excluding hydrogens is 248 g/mol. The summed E-state index contributed by atoms with van der Waals surface area (Å²) in [5, 5.41) is 7.97. The number of carbonyl (C=O) groups is 1. The van der Waals surface area contributed by atoms with Crippen molar-refractivity contribution in [2.75, 3.05) is 0 Å². The standard InChI is InChI=1S/C9H12N2O5S/c12-9(13)4-2-1-3-7-10-6-5-8(11-7)17(14,15)16/h5-6H,1-4H2,(H,12,13)(H,14,15,16). The van der Waals surface area contributed by atoms with E-state index in [1.807, 2.05) is 0 Å². The summed E-state index contributed by atoms with van der Waals surface area (Å²) in [6.07, 6.45) is 2.67. The van der Waals surface area contributed by atoms with Crippen LogP contribution in [-0.2, 0) is 21.3 Å². The van der Waals surface area contributed by atoms with Crippen LogP contribution in [0.5, 0.6) is 0 Å². The molecule has 0 fully saturated rings. The van der Waals surface area contributed by atoms with E-state index < -0.39 is 21.1 Å². The van der Waals surface area contributed by atoms with Crippen LogP contribution in [0.4, 0.5) is 0 Å². The average Bonchev–Trinajstić information content (AvgIpc) is 2.23. The highest BCUT2D eigenvalue weighted by atomic mass is 32.2. The zero-order chi connectivity index (χ0) is 12.9. The summed E-state index contributed by atoms with van der Waals surface area (Å²) < 4.78 is 30.3. The molecule has 1 heterocycles. The van der Waals surface area contributed by atoms with Gasteiger partial charge in [-0.25, -0.2) is 9.97 Å². The van der Waals surface area contributed by atoms with Gasteiger partial charge in [-0.15, -0.1) is 0 Å². The van der Waals surface area contributed by atoms with E-state index in [0.717, 1.165) is 6.07 Å². The number of hydrogen-bond donors (Lipinski definition) is 2. The number of carboxylic acid groups (broad SMARTS) is 1. The number of aryl methyl sites for hydroxylation is 1. The van der Waals surface area contributed by atoms with Crippen molar-refractivity contribution in [3.05, 3.63) is 18.1 Å². The van der Waals surface area contributed by atoms with Gasteiger partial charge in [0.15, 0.2) is 5.03 Å². The molecule has 0 unspecified atom stereocenters. The second kappa shape index (κ2) is 5.69. The van der Waals surface area contributed by atoms with Crippen molar-refractivity contribution in [1.82, 2.24) is 9.97 Å². The topological polar surface area (TPSA) is 117 Å². The molecule has 0 aromatic carbocycles. The van der Waals surface area contributed by atoms with E-state index in [2.05, 4.69) is 9.97 Å². The zero-order valence-corrected chi connectivity index (χ0v) is 9.72. The molecule has 8 heteroatoms. The van der Waals surface area contributed by atoms with Crippen LogP contribution < -0.4 is 0 Å². The molecule has 1 rings (SSSR count). The molecule has 0 aliphatic carbocycles. The van der Waals surface area contributed by atoms with E-state index in [4.69, 9.17) is 9.66 Å². The minimum Gasteiger partial charge on any atom is -0.481 e. The van der Waals surface area contributed by atoms with Crippen LogP contribution in [0.3, 0.4) is 0 Å². The first kappa shape index (κ1) is 13.5. The summed E-state index contributed by atoms with van der Waals surface area (Å²) in [7, 11) is -4.31. The maximum Gasteiger partial charge on any atom is 0.312 e. The van der Waals surface area contributed by atoms with Gasteiger partial charge in [-0.1, -0.05) is 0 Å². The lowest BCUT2D eigenvalue weighted by molar-refractivity contribution is -0.137. The molecular formula is C9H12N2O5S. The molecule has 0 saturated carbocycles. The van der Waals surface area contributed by atoms with Crippen molar-refractivity contribution < 1.29 is 22.9 Å². The number of hydrogen-bond acceptors (Lipinski definition) is 5. The molecule has 0 radical (unpaired) electrons. The van der Waals surface area contributed by atoms with Crippen LogP contribution in [0.1, 0.15) is 25.1 Å². The minimum absolute atomic E-state index is 0.0536. The lowest BCUT2D eigenvalue weighted by Gasteiger charge is -2.00. The Morgan fingerprint density at radius 3 is 2.65 bits per heavy atom. The summed E-state index contributed by atoms with van der Waals surface area (Å²) >= 11 is 0. The maximum absolute atomic E-state index is 10.8. The molecule has 0 aliphatic heterocycles. The summed E-state index contributed by atoms with van der Waals surface area (Å²) in [4.78, 5) is 17.8. The molecule has 0 aliphatic rings. The Balaban J connectivity index is 2.58. The van der Waals surface area contributed by atoms with E-state index in [1.54, 1.807) is 0 Å². The first-order chi connectivity index (χ1) is 7.89. The highest BCUT2D eigenvalue weighted by molar-refractivity contribution is 7.85. The summed E-state index contributed by atoms with van der Waals surface area (Å²) in [5.74, 6) is -0.608. The highest BCUT2D eigenvalue weighted by Crippen LogP contribution is 2.06. The van der Waals surface area contributed by atoms with Crippen molar-refractivity contribution >= 4 is 16.1 Å². The van der Waals surface area contributed by atoms with Gasteiger partial charge in [0.05, 0.1) is 0 Å². The monoisotopic (exact) mass is 260 g/mol. The van der Waals surface area contributed by atoms with E-state index in [1.165, 1.54) is 6.20 Å². The number of carboxylic acids is 1. The molecule has 1 aromatic heterocycles. The molecule has 0 atom stereocenters. The number of rotatable bonds is 6. The Labute approximate surface area is 98.3 Å². The largest absolute Gasteiger partial charge is 0.481 e. The first-order valence-corrected chi connectivity index (χ1v) is 6.35. The summed E-state index contributed by atoms with van der Waals surface area (Å²) in [5.41, 5.74) is 0. The highest BCUT2D eigenvalue weighted by Gasteiger charge is 2.12. The van der Waals surface area contributed by atoms with Crippen molar-refractivity contribution in [3.63, 3.8) is 0 Å². The SMILES string of the molecule is O=C(O)CCCCc1nccc(S(=O)(=O)O)n1. The molecule has 1 aromatic rings. The fraction of sp³-hybridized carbons (Fsp3) is 0.444. The summed E-state index contributed by atoms with van der Waals surface area (Å²) in [6.45, 7) is 0. The average molecular weight is 260 g/mol. The fourth-order valence-corrected chi connectivity index (χ4v) is 1.66. The lowest BCUT2D eigenvalue weighted by Crippen LogP contribution is -2.05. The number of unbranched alkanes of at least 4 members (excludes halogenated alkanes) is 1. The molecule has 7 nitrogen and oxygen atoms in total. The molecule has 17 heavy (non-hydrogen) atoms. The summed E-state index contributed by atoms with van der Waals surface area (Å²) in [6, 6.07) is 1.09. The predicted octanol–water partition coefficient (Wildman–Crippen LogP) is 0.521. The van der Waals surface area contributed by atoms with Gasteiger partial charge in [-0.3, -0.25) is 9.35 Å². The van der Waals surface area contributed by atoms with Crippen LogP contribution in [0.2, 0.25) is 0 Å². The van der Waals surface area contributed by atoms with Crippen LogP contribution >= 0.6 is 0 Å². The Morgan fingerprint density at radius 1 is 1.35 bits per heavy atom. The number of aromatic nitrogens is 2. The third-order valence-electron chi connectivity index (χ3n) is 1.99. The molecule has 0 spiro atoms. The number of nitrogens with zero attached hydrogens (tertiary/aromatic N) is 2. The Kier molecular flexibility index (Phi) is 4.53. The quantitative estimate of drug-likeness (QED) is 0.435. The predicted molar refractivity (Wildman–Crippen MR) is 57.0 cm³/mol. The van der Waals surface area contributed by atoms with Gasteiger partial charge in [0, 0.05) is 19.0 Å². The Morgan fingerprint density at radius 2 is 2.06 bits per heavy atom. The molecule has 0 bridgehead atoms. The normalized spacial score (nSPS) is 11.4. The van der Waals surface area contributed by atoms with Crippen LogP contribution in [-0.4, -0.2) is 34.0 Å². The Hall–Kier alpha value is -1.54. The van der Waals surface area contributed by atoms with Crippen molar-refractivity contribution in [2.24, 2.45) is 0 Å². The maximum atomic E-state index is 10.8. The zero-order valence-electron chi connectivity index (χ0n) is 8.90. The molecule has 2 N–H and O–H groups in total. The third kappa shape index (κ3) is 4.87. The van der Waals surface area contributed by atoms with E-state index in [0.29, 0.717) is 19.3 Å². The van der Waals surface area contributed by atoms with Crippen LogP contribution in [0.25, 0.3) is 0 Å². The van der Waals surface area contributed by atoms with Crippen molar-refractivity contribution in [2.45, 2.75) is 30.7 Å². The number of aliphatic carboxylic acids is 1. The van der Waals surface area contributed by atoms with Crippen LogP contribution in [0.15, 0.2) is 17.3 Å². The Bertz CT molecular complexity index is 500. The van der Waals surface area contributed by atoms with E-state index in [-0.39, 0.29) is 12.2 Å². The van der Waals surface area contributed by atoms with Gasteiger partial charge in [-0.2, -0.15) is 8.42 Å². The van der Waals surface area contributed by atoms with E-state index in [9.17, 15) is 13.2 Å². The third-order valence-corrected chi connectivity index (χ3v) is 2.74. The fourth-order valence-electron chi connectivity index (χ4n) is 1.20. The van der Waals surface area contributed by atoms with Gasteiger partial charge < -0.3 is 5.11 Å². The van der Waals surface area contributed by atoms with Gasteiger partial charge >= 0.3 is 16.1 Å². The van der Waals surface area contributed by atoms with Crippen molar-refractivity contribution in [3.8, 4) is 0 Å². The van der Waals surface area contributed by atoms with Gasteiger partial charge in [0.2, 0.25) is 0 Å². The van der Waals surface area contributed by atoms with Gasteiger partial charge in [-0.05, 0) is 18.9 Å². The van der Waals surface area contributed by atoms with E-state index >= 15 is 0 Å². The second-order valence-electron chi connectivity index (χ2n) is 3.39.